The van der Waals surface area contributed by atoms with Crippen LogP contribution < -0.4 is 5.48 Å². The Balaban J connectivity index is 0.000000153. The lowest BCUT2D eigenvalue weighted by atomic mass is 10.1. The number of allylic oxidation sites excluding steroid dienone is 2. The summed E-state index contributed by atoms with van der Waals surface area (Å²) < 4.78 is 0. The summed E-state index contributed by atoms with van der Waals surface area (Å²) in [6, 6.07) is 13.3. The average molecular weight is 227 g/mol. The molecule has 0 aromatic heterocycles. The van der Waals surface area contributed by atoms with E-state index in [1.165, 1.54) is 0 Å². The molecule has 0 atom stereocenters. The third-order valence-corrected chi connectivity index (χ3v) is 2.26. The molecule has 86 valence electrons. The first-order valence-electron chi connectivity index (χ1n) is 5.27. The van der Waals surface area contributed by atoms with Gasteiger partial charge in [0, 0.05) is 11.6 Å². The zero-order valence-electron chi connectivity index (χ0n) is 9.21. The summed E-state index contributed by atoms with van der Waals surface area (Å²) in [6.45, 7) is 0. The lowest BCUT2D eigenvalue weighted by Crippen LogP contribution is -2.01. The zero-order chi connectivity index (χ0) is 11.9. The maximum Gasteiger partial charge on any atom is 0.123 e. The van der Waals surface area contributed by atoms with Gasteiger partial charge in [0.05, 0.1) is 0 Å². The SMILES string of the molecule is C1=CNOC=C1.Oc1cccc2ccccc12. The van der Waals surface area contributed by atoms with Crippen LogP contribution in [0, 0.1) is 0 Å². The maximum absolute atomic E-state index is 9.37. The van der Waals surface area contributed by atoms with Crippen molar-refractivity contribution in [2.75, 3.05) is 0 Å². The van der Waals surface area contributed by atoms with E-state index in [9.17, 15) is 5.11 Å². The Morgan fingerprint density at radius 3 is 2.35 bits per heavy atom. The average Bonchev–Trinajstić information content (AvgIpc) is 2.42. The number of phenols is 1. The highest BCUT2D eigenvalue weighted by Gasteiger charge is 1.94. The normalized spacial score (nSPS) is 12.2. The molecule has 0 radical (unpaired) electrons. The first-order chi connectivity index (χ1) is 8.38. The minimum Gasteiger partial charge on any atom is -0.507 e. The first kappa shape index (κ1) is 11.1. The third kappa shape index (κ3) is 3.01. The molecule has 1 heterocycles. The lowest BCUT2D eigenvalue weighted by molar-refractivity contribution is 0.172. The largest absolute Gasteiger partial charge is 0.507 e. The molecule has 0 saturated carbocycles. The predicted molar refractivity (Wildman–Crippen MR) is 68.1 cm³/mol. The quantitative estimate of drug-likeness (QED) is 0.726. The van der Waals surface area contributed by atoms with E-state index < -0.39 is 0 Å². The van der Waals surface area contributed by atoms with Gasteiger partial charge in [0.2, 0.25) is 0 Å². The second kappa shape index (κ2) is 5.61. The summed E-state index contributed by atoms with van der Waals surface area (Å²) in [4.78, 5) is 4.55. The number of phenolic OH excluding ortho intramolecular Hbond substituents is 1. The molecule has 3 heteroatoms. The summed E-state index contributed by atoms with van der Waals surface area (Å²) in [5.41, 5.74) is 2.52. The molecule has 0 bridgehead atoms. The van der Waals surface area contributed by atoms with Gasteiger partial charge in [-0.3, -0.25) is 0 Å². The van der Waals surface area contributed by atoms with Crippen LogP contribution in [0.3, 0.4) is 0 Å². The number of hydrogen-bond acceptors (Lipinski definition) is 3. The summed E-state index contributed by atoms with van der Waals surface area (Å²) in [7, 11) is 0. The molecule has 2 N–H and O–H groups in total. The van der Waals surface area contributed by atoms with Crippen LogP contribution in [0.1, 0.15) is 0 Å². The zero-order valence-corrected chi connectivity index (χ0v) is 9.21. The van der Waals surface area contributed by atoms with Gasteiger partial charge in [0.25, 0.3) is 0 Å². The molecule has 2 aromatic rings. The van der Waals surface area contributed by atoms with Crippen LogP contribution >= 0.6 is 0 Å². The van der Waals surface area contributed by atoms with Crippen LogP contribution in [0.5, 0.6) is 5.75 Å². The van der Waals surface area contributed by atoms with Gasteiger partial charge in [0.15, 0.2) is 0 Å². The van der Waals surface area contributed by atoms with Gasteiger partial charge in [-0.15, -0.1) is 0 Å². The molecule has 0 spiro atoms. The summed E-state index contributed by atoms with van der Waals surface area (Å²) in [5.74, 6) is 0.350. The molecule has 0 saturated heterocycles. The highest BCUT2D eigenvalue weighted by atomic mass is 16.6. The van der Waals surface area contributed by atoms with Crippen LogP contribution in [0.4, 0.5) is 0 Å². The van der Waals surface area contributed by atoms with E-state index in [4.69, 9.17) is 0 Å². The second-order valence-corrected chi connectivity index (χ2v) is 3.42. The van der Waals surface area contributed by atoms with Crippen molar-refractivity contribution in [3.05, 3.63) is 67.1 Å². The second-order valence-electron chi connectivity index (χ2n) is 3.42. The van der Waals surface area contributed by atoms with E-state index in [-0.39, 0.29) is 0 Å². The highest BCUT2D eigenvalue weighted by Crippen LogP contribution is 2.22. The first-order valence-corrected chi connectivity index (χ1v) is 5.27. The molecular formula is C14H13NO2. The predicted octanol–water partition coefficient (Wildman–Crippen LogP) is 3.09. The molecule has 0 aliphatic carbocycles. The van der Waals surface area contributed by atoms with Crippen molar-refractivity contribution in [3.63, 3.8) is 0 Å². The van der Waals surface area contributed by atoms with Crippen molar-refractivity contribution in [2.45, 2.75) is 0 Å². The monoisotopic (exact) mass is 227 g/mol. The van der Waals surface area contributed by atoms with Gasteiger partial charge in [-0.2, -0.15) is 0 Å². The minimum absolute atomic E-state index is 0.350. The number of rotatable bonds is 0. The number of hydrogen-bond donors (Lipinski definition) is 2. The third-order valence-electron chi connectivity index (χ3n) is 2.26. The Bertz CT molecular complexity index is 529. The molecule has 1 aliphatic heterocycles. The fraction of sp³-hybridized carbons (Fsp3) is 0. The van der Waals surface area contributed by atoms with Crippen molar-refractivity contribution in [1.29, 1.82) is 0 Å². The Morgan fingerprint density at radius 2 is 1.76 bits per heavy atom. The minimum atomic E-state index is 0.350. The summed E-state index contributed by atoms with van der Waals surface area (Å²) in [6.07, 6.45) is 6.93. The van der Waals surface area contributed by atoms with Crippen molar-refractivity contribution in [3.8, 4) is 5.75 Å². The van der Waals surface area contributed by atoms with E-state index >= 15 is 0 Å². The standard InChI is InChI=1S/C10H8O.C4H5NO/c11-10-7-3-5-8-4-1-2-6-9(8)10;1-2-4-6-5-3-1/h1-7,11H;1-5H. The number of hydroxylamine groups is 1. The van der Waals surface area contributed by atoms with E-state index in [1.807, 2.05) is 42.5 Å². The van der Waals surface area contributed by atoms with Gasteiger partial charge in [0.1, 0.15) is 12.0 Å². The Kier molecular flexibility index (Phi) is 3.65. The summed E-state index contributed by atoms with van der Waals surface area (Å²) >= 11 is 0. The molecule has 0 fully saturated rings. The van der Waals surface area contributed by atoms with E-state index in [2.05, 4.69) is 10.3 Å². The van der Waals surface area contributed by atoms with E-state index in [0.717, 1.165) is 10.8 Å². The van der Waals surface area contributed by atoms with Crippen molar-refractivity contribution in [1.82, 2.24) is 5.48 Å². The van der Waals surface area contributed by atoms with Gasteiger partial charge in [-0.25, -0.2) is 5.48 Å². The van der Waals surface area contributed by atoms with Gasteiger partial charge in [-0.1, -0.05) is 36.4 Å². The molecule has 0 unspecified atom stereocenters. The van der Waals surface area contributed by atoms with Gasteiger partial charge in [-0.05, 0) is 23.6 Å². The Labute approximate surface area is 99.6 Å². The lowest BCUT2D eigenvalue weighted by Gasteiger charge is -1.97. The van der Waals surface area contributed by atoms with Crippen LogP contribution in [0.2, 0.25) is 0 Å². The molecular weight excluding hydrogens is 214 g/mol. The van der Waals surface area contributed by atoms with Crippen molar-refractivity contribution < 1.29 is 9.94 Å². The number of fused-ring (bicyclic) bond motifs is 1. The fourth-order valence-corrected chi connectivity index (χ4v) is 1.47. The summed E-state index contributed by atoms with van der Waals surface area (Å²) in [5, 5.41) is 11.4. The van der Waals surface area contributed by atoms with Gasteiger partial charge < -0.3 is 9.94 Å². The topological polar surface area (TPSA) is 41.5 Å². The maximum atomic E-state index is 9.37. The van der Waals surface area contributed by atoms with Crippen LogP contribution in [-0.4, -0.2) is 5.11 Å². The molecule has 3 nitrogen and oxygen atoms in total. The van der Waals surface area contributed by atoms with Gasteiger partial charge >= 0.3 is 0 Å². The smallest absolute Gasteiger partial charge is 0.123 e. The van der Waals surface area contributed by atoms with Crippen molar-refractivity contribution in [2.24, 2.45) is 0 Å². The molecule has 3 rings (SSSR count). The number of nitrogens with one attached hydrogen (secondary N) is 1. The molecule has 2 aromatic carbocycles. The Hall–Kier alpha value is -2.42. The fourth-order valence-electron chi connectivity index (χ4n) is 1.47. The van der Waals surface area contributed by atoms with E-state index in [0.29, 0.717) is 5.75 Å². The van der Waals surface area contributed by atoms with Crippen LogP contribution in [-0.2, 0) is 4.84 Å². The molecule has 17 heavy (non-hydrogen) atoms. The molecule has 0 amide bonds. The van der Waals surface area contributed by atoms with Crippen LogP contribution in [0.25, 0.3) is 10.8 Å². The molecule has 1 aliphatic rings. The van der Waals surface area contributed by atoms with Crippen LogP contribution in [0.15, 0.2) is 67.1 Å². The van der Waals surface area contributed by atoms with Crippen molar-refractivity contribution >= 4 is 10.8 Å². The highest BCUT2D eigenvalue weighted by molar-refractivity contribution is 5.87. The number of aromatic hydroxyl groups is 1. The van der Waals surface area contributed by atoms with E-state index in [1.54, 1.807) is 24.6 Å². The Morgan fingerprint density at radius 1 is 0.941 bits per heavy atom. The number of benzene rings is 2.